The van der Waals surface area contributed by atoms with Gasteiger partial charge in [-0.15, -0.1) is 0 Å². The molecule has 2 rings (SSSR count). The van der Waals surface area contributed by atoms with E-state index < -0.39 is 0 Å². The molecule has 4 nitrogen and oxygen atoms in total. The Labute approximate surface area is 83.9 Å². The lowest BCUT2D eigenvalue weighted by molar-refractivity contribution is -0.155. The molecule has 14 heavy (non-hydrogen) atoms. The maximum Gasteiger partial charge on any atom is 0.235 e. The Morgan fingerprint density at radius 1 is 1.00 bits per heavy atom. The maximum atomic E-state index is 11.8. The molecule has 0 aromatic heterocycles. The third-order valence-electron chi connectivity index (χ3n) is 3.43. The molecule has 2 aliphatic rings. The van der Waals surface area contributed by atoms with Crippen molar-refractivity contribution in [3.63, 3.8) is 0 Å². The predicted octanol–water partition coefficient (Wildman–Crippen LogP) is -0.0570. The van der Waals surface area contributed by atoms with E-state index in [0.717, 1.165) is 25.9 Å². The fourth-order valence-corrected chi connectivity index (χ4v) is 2.40. The van der Waals surface area contributed by atoms with Crippen LogP contribution < -0.4 is 0 Å². The zero-order chi connectivity index (χ0) is 10.3. The van der Waals surface area contributed by atoms with Gasteiger partial charge in [0.2, 0.25) is 11.8 Å². The van der Waals surface area contributed by atoms with E-state index in [1.54, 1.807) is 23.9 Å². The quantitative estimate of drug-likeness (QED) is 0.509. The van der Waals surface area contributed by atoms with E-state index in [4.69, 9.17) is 0 Å². The molecule has 0 spiro atoms. The van der Waals surface area contributed by atoms with Crippen LogP contribution in [0, 0.1) is 11.8 Å². The van der Waals surface area contributed by atoms with Crippen molar-refractivity contribution in [1.82, 2.24) is 9.80 Å². The summed E-state index contributed by atoms with van der Waals surface area (Å²) in [6.45, 7) is 1.61. The molecule has 2 heterocycles. The molecule has 4 heteroatoms. The van der Waals surface area contributed by atoms with Gasteiger partial charge in [0.1, 0.15) is 5.92 Å². The van der Waals surface area contributed by atoms with Gasteiger partial charge in [-0.1, -0.05) is 0 Å². The maximum absolute atomic E-state index is 11.8. The average molecular weight is 196 g/mol. The van der Waals surface area contributed by atoms with E-state index in [1.807, 2.05) is 0 Å². The van der Waals surface area contributed by atoms with Crippen molar-refractivity contribution in [1.29, 1.82) is 0 Å². The number of likely N-dealkylation sites (tertiary alicyclic amines) is 2. The molecule has 0 N–H and O–H groups in total. The average Bonchev–Trinajstić information content (AvgIpc) is 2.17. The van der Waals surface area contributed by atoms with Crippen LogP contribution in [0.5, 0.6) is 0 Å². The van der Waals surface area contributed by atoms with Crippen LogP contribution in [-0.2, 0) is 9.59 Å². The summed E-state index contributed by atoms with van der Waals surface area (Å²) in [5, 5.41) is 0. The van der Waals surface area contributed by atoms with Crippen molar-refractivity contribution in [2.24, 2.45) is 11.8 Å². The molecule has 0 saturated carbocycles. The zero-order valence-electron chi connectivity index (χ0n) is 8.69. The van der Waals surface area contributed by atoms with Crippen molar-refractivity contribution in [3.8, 4) is 0 Å². The Bertz CT molecular complexity index is 251. The monoisotopic (exact) mass is 196 g/mol. The normalized spacial score (nSPS) is 33.3. The first-order valence-corrected chi connectivity index (χ1v) is 5.11. The van der Waals surface area contributed by atoms with E-state index in [0.29, 0.717) is 5.92 Å². The summed E-state index contributed by atoms with van der Waals surface area (Å²) in [5.74, 6) is -0.0644. The van der Waals surface area contributed by atoms with Gasteiger partial charge in [-0.05, 0) is 18.8 Å². The number of hydrogen-bond acceptors (Lipinski definition) is 2. The van der Waals surface area contributed by atoms with Crippen molar-refractivity contribution in [2.75, 3.05) is 27.2 Å². The van der Waals surface area contributed by atoms with Crippen molar-refractivity contribution < 1.29 is 9.59 Å². The second-order valence-electron chi connectivity index (χ2n) is 4.33. The fourth-order valence-electron chi connectivity index (χ4n) is 2.40. The lowest BCUT2D eigenvalue weighted by atomic mass is 9.79. The van der Waals surface area contributed by atoms with Crippen LogP contribution in [0.25, 0.3) is 0 Å². The summed E-state index contributed by atoms with van der Waals surface area (Å²) in [6.07, 6.45) is 1.96. The molecule has 2 saturated heterocycles. The Morgan fingerprint density at radius 3 is 1.86 bits per heavy atom. The van der Waals surface area contributed by atoms with E-state index >= 15 is 0 Å². The summed E-state index contributed by atoms with van der Waals surface area (Å²) < 4.78 is 0. The number of nitrogens with zero attached hydrogens (tertiary/aromatic N) is 2. The van der Waals surface area contributed by atoms with Crippen LogP contribution in [0.3, 0.4) is 0 Å². The van der Waals surface area contributed by atoms with Gasteiger partial charge >= 0.3 is 0 Å². The van der Waals surface area contributed by atoms with E-state index in [9.17, 15) is 9.59 Å². The molecule has 2 fully saturated rings. The Morgan fingerprint density at radius 2 is 1.43 bits per heavy atom. The fraction of sp³-hybridized carbons (Fsp3) is 0.800. The first-order chi connectivity index (χ1) is 6.61. The topological polar surface area (TPSA) is 40.6 Å². The molecule has 0 unspecified atom stereocenters. The van der Waals surface area contributed by atoms with Gasteiger partial charge < -0.3 is 9.80 Å². The Balaban J connectivity index is 2.22. The lowest BCUT2D eigenvalue weighted by Gasteiger charge is -2.41. The number of carbonyl (C=O) groups excluding carboxylic acids is 2. The van der Waals surface area contributed by atoms with Gasteiger partial charge in [0.05, 0.1) is 0 Å². The van der Waals surface area contributed by atoms with Crippen molar-refractivity contribution in [2.45, 2.75) is 12.8 Å². The number of amides is 2. The van der Waals surface area contributed by atoms with Gasteiger partial charge in [0.15, 0.2) is 0 Å². The van der Waals surface area contributed by atoms with Gasteiger partial charge in [0.25, 0.3) is 0 Å². The van der Waals surface area contributed by atoms with Gasteiger partial charge in [-0.2, -0.15) is 0 Å². The largest absolute Gasteiger partial charge is 0.345 e. The van der Waals surface area contributed by atoms with E-state index in [2.05, 4.69) is 0 Å². The highest BCUT2D eigenvalue weighted by Gasteiger charge is 2.43. The minimum Gasteiger partial charge on any atom is -0.345 e. The molecule has 0 aromatic rings. The molecule has 0 bridgehead atoms. The van der Waals surface area contributed by atoms with Crippen molar-refractivity contribution >= 4 is 11.8 Å². The van der Waals surface area contributed by atoms with E-state index in [-0.39, 0.29) is 17.7 Å². The van der Waals surface area contributed by atoms with Crippen LogP contribution >= 0.6 is 0 Å². The predicted molar refractivity (Wildman–Crippen MR) is 51.5 cm³/mol. The molecule has 0 radical (unpaired) electrons. The Hall–Kier alpha value is -1.06. The summed E-state index contributed by atoms with van der Waals surface area (Å²) in [4.78, 5) is 26.9. The number of piperidine rings is 2. The standard InChI is InChI=1S/C10H16N2O2/c1-11-5-3-7-4-6-12(2)10(14)8(7)9(11)13/h7-8H,3-6H2,1-2H3. The molecule has 2 amide bonds. The first kappa shape index (κ1) is 9.49. The number of hydrogen-bond donors (Lipinski definition) is 0. The summed E-state index contributed by atoms with van der Waals surface area (Å²) in [7, 11) is 3.56. The molecule has 0 aliphatic carbocycles. The summed E-state index contributed by atoms with van der Waals surface area (Å²) in [6, 6.07) is 0. The minimum atomic E-state index is -0.382. The molecule has 0 atom stereocenters. The molecule has 0 aromatic carbocycles. The number of fused-ring (bicyclic) bond motifs is 1. The molecular formula is C10H16N2O2. The molecule has 2 aliphatic heterocycles. The molecule has 78 valence electrons. The number of carbonyl (C=O) groups is 2. The van der Waals surface area contributed by atoms with E-state index in [1.165, 1.54) is 0 Å². The summed E-state index contributed by atoms with van der Waals surface area (Å²) >= 11 is 0. The summed E-state index contributed by atoms with van der Waals surface area (Å²) in [5.41, 5.74) is 0. The van der Waals surface area contributed by atoms with Gasteiger partial charge in [0, 0.05) is 27.2 Å². The lowest BCUT2D eigenvalue weighted by Crippen LogP contribution is -2.54. The SMILES string of the molecule is CN1CCC2CCN(C)C(=O)C2C1=O. The smallest absolute Gasteiger partial charge is 0.235 e. The highest BCUT2D eigenvalue weighted by Crippen LogP contribution is 2.31. The third kappa shape index (κ3) is 1.29. The number of rotatable bonds is 0. The minimum absolute atomic E-state index is 0.0119. The second-order valence-corrected chi connectivity index (χ2v) is 4.33. The second kappa shape index (κ2) is 3.26. The van der Waals surface area contributed by atoms with Crippen LogP contribution in [-0.4, -0.2) is 48.8 Å². The first-order valence-electron chi connectivity index (χ1n) is 5.11. The Kier molecular flexibility index (Phi) is 2.21. The van der Waals surface area contributed by atoms with Crippen LogP contribution in [0.1, 0.15) is 12.8 Å². The van der Waals surface area contributed by atoms with Gasteiger partial charge in [-0.3, -0.25) is 9.59 Å². The van der Waals surface area contributed by atoms with Crippen molar-refractivity contribution in [3.05, 3.63) is 0 Å². The third-order valence-corrected chi connectivity index (χ3v) is 3.43. The zero-order valence-corrected chi connectivity index (χ0v) is 8.69. The molecular weight excluding hydrogens is 180 g/mol. The van der Waals surface area contributed by atoms with Gasteiger partial charge in [-0.25, -0.2) is 0 Å². The highest BCUT2D eigenvalue weighted by atomic mass is 16.2. The highest BCUT2D eigenvalue weighted by molar-refractivity contribution is 6.01. The van der Waals surface area contributed by atoms with Crippen LogP contribution in [0.15, 0.2) is 0 Å². The van der Waals surface area contributed by atoms with Crippen LogP contribution in [0.4, 0.5) is 0 Å². The van der Waals surface area contributed by atoms with Crippen LogP contribution in [0.2, 0.25) is 0 Å².